The maximum Gasteiger partial charge on any atom is 0.334 e. The largest absolute Gasteiger partial charge is 0.398 e. The Hall–Kier alpha value is -0.783. The maximum atomic E-state index is 13.3. The molecule has 5 heteroatoms. The van der Waals surface area contributed by atoms with Gasteiger partial charge in [0.15, 0.2) is 0 Å². The lowest BCUT2D eigenvalue weighted by Crippen LogP contribution is -2.36. The summed E-state index contributed by atoms with van der Waals surface area (Å²) in [6.07, 6.45) is 0.497. The van der Waals surface area contributed by atoms with Gasteiger partial charge in [0.25, 0.3) is 0 Å². The molecule has 0 saturated carbocycles. The number of hydrogen-bond donors (Lipinski definition) is 0. The highest BCUT2D eigenvalue weighted by molar-refractivity contribution is 6.65. The average molecular weight is 246 g/mol. The van der Waals surface area contributed by atoms with E-state index in [-0.39, 0.29) is 0 Å². The summed E-state index contributed by atoms with van der Waals surface area (Å²) in [4.78, 5) is 0. The van der Waals surface area contributed by atoms with Crippen LogP contribution in [-0.4, -0.2) is 22.8 Å². The van der Waals surface area contributed by atoms with Gasteiger partial charge in [-0.15, -0.1) is 0 Å². The number of rotatable bonds is 5. The normalized spacial score (nSPS) is 11.8. The minimum Gasteiger partial charge on any atom is -0.398 e. The molecule has 90 valence electrons. The minimum atomic E-state index is -2.18. The Labute approximate surface area is 95.4 Å². The summed E-state index contributed by atoms with van der Waals surface area (Å²) in [5, 5.41) is 0. The van der Waals surface area contributed by atoms with Crippen LogP contribution in [-0.2, 0) is 15.3 Å². The SMILES string of the molecule is CO[Si](C)(CCc1ccc(F)cc1F)OC. The zero-order chi connectivity index (χ0) is 12.2. The first-order valence-corrected chi connectivity index (χ1v) is 7.57. The van der Waals surface area contributed by atoms with Crippen LogP contribution in [0, 0.1) is 11.6 Å². The molecule has 16 heavy (non-hydrogen) atoms. The van der Waals surface area contributed by atoms with E-state index in [1.54, 1.807) is 14.2 Å². The van der Waals surface area contributed by atoms with E-state index in [1.807, 2.05) is 6.55 Å². The van der Waals surface area contributed by atoms with E-state index in [0.717, 1.165) is 6.07 Å². The van der Waals surface area contributed by atoms with Crippen LogP contribution in [0.25, 0.3) is 0 Å². The summed E-state index contributed by atoms with van der Waals surface area (Å²) in [5.74, 6) is -1.07. The van der Waals surface area contributed by atoms with E-state index in [9.17, 15) is 8.78 Å². The highest BCUT2D eigenvalue weighted by atomic mass is 28.4. The summed E-state index contributed by atoms with van der Waals surface area (Å²) < 4.78 is 36.6. The second-order valence-electron chi connectivity index (χ2n) is 3.78. The fourth-order valence-electron chi connectivity index (χ4n) is 1.37. The number of aryl methyl sites for hydroxylation is 1. The topological polar surface area (TPSA) is 18.5 Å². The number of halogens is 2. The lowest BCUT2D eigenvalue weighted by atomic mass is 10.1. The fraction of sp³-hybridized carbons (Fsp3) is 0.455. The van der Waals surface area contributed by atoms with Gasteiger partial charge in [0, 0.05) is 20.3 Å². The van der Waals surface area contributed by atoms with E-state index in [2.05, 4.69) is 0 Å². The van der Waals surface area contributed by atoms with Gasteiger partial charge in [-0.3, -0.25) is 0 Å². The van der Waals surface area contributed by atoms with Crippen LogP contribution in [0.3, 0.4) is 0 Å². The summed E-state index contributed by atoms with van der Waals surface area (Å²) in [6.45, 7) is 1.91. The highest BCUT2D eigenvalue weighted by Crippen LogP contribution is 2.18. The Balaban J connectivity index is 2.67. The van der Waals surface area contributed by atoms with E-state index in [0.29, 0.717) is 18.0 Å². The van der Waals surface area contributed by atoms with Crippen LogP contribution in [0.15, 0.2) is 18.2 Å². The fourth-order valence-corrected chi connectivity index (χ4v) is 2.67. The molecular weight excluding hydrogens is 230 g/mol. The van der Waals surface area contributed by atoms with Gasteiger partial charge in [0.05, 0.1) is 0 Å². The lowest BCUT2D eigenvalue weighted by molar-refractivity contribution is 0.249. The Morgan fingerprint density at radius 1 is 1.19 bits per heavy atom. The van der Waals surface area contributed by atoms with Crippen molar-refractivity contribution in [2.24, 2.45) is 0 Å². The molecule has 1 aromatic carbocycles. The van der Waals surface area contributed by atoms with Crippen LogP contribution in [0.4, 0.5) is 8.78 Å². The Kier molecular flexibility index (Phi) is 4.58. The Morgan fingerprint density at radius 3 is 2.31 bits per heavy atom. The van der Waals surface area contributed by atoms with Crippen molar-refractivity contribution in [2.45, 2.75) is 19.0 Å². The zero-order valence-corrected chi connectivity index (χ0v) is 10.7. The summed E-state index contributed by atoms with van der Waals surface area (Å²) in [7, 11) is 1.01. The van der Waals surface area contributed by atoms with Gasteiger partial charge in [-0.1, -0.05) is 6.07 Å². The first-order chi connectivity index (χ1) is 7.50. The van der Waals surface area contributed by atoms with Crippen molar-refractivity contribution in [3.63, 3.8) is 0 Å². The maximum absolute atomic E-state index is 13.3. The molecule has 2 nitrogen and oxygen atoms in total. The molecule has 0 unspecified atom stereocenters. The third kappa shape index (κ3) is 3.36. The predicted molar refractivity (Wildman–Crippen MR) is 60.5 cm³/mol. The standard InChI is InChI=1S/C11H16F2O2Si/c1-14-16(3,15-2)7-6-9-4-5-10(12)8-11(9)13/h4-5,8H,6-7H2,1-3H3. The van der Waals surface area contributed by atoms with Crippen molar-refractivity contribution in [2.75, 3.05) is 14.2 Å². The van der Waals surface area contributed by atoms with Crippen molar-refractivity contribution in [3.05, 3.63) is 35.4 Å². The molecule has 0 heterocycles. The van der Waals surface area contributed by atoms with Gasteiger partial charge in [0.1, 0.15) is 11.6 Å². The summed E-state index contributed by atoms with van der Waals surface area (Å²) in [5.41, 5.74) is 0.495. The van der Waals surface area contributed by atoms with Crippen LogP contribution >= 0.6 is 0 Å². The number of benzene rings is 1. The summed E-state index contributed by atoms with van der Waals surface area (Å²) in [6, 6.07) is 4.26. The van der Waals surface area contributed by atoms with E-state index in [4.69, 9.17) is 8.85 Å². The highest BCUT2D eigenvalue weighted by Gasteiger charge is 2.28. The van der Waals surface area contributed by atoms with Crippen LogP contribution < -0.4 is 0 Å². The monoisotopic (exact) mass is 246 g/mol. The van der Waals surface area contributed by atoms with Gasteiger partial charge in [-0.25, -0.2) is 8.78 Å². The van der Waals surface area contributed by atoms with Gasteiger partial charge < -0.3 is 8.85 Å². The molecule has 0 aromatic heterocycles. The lowest BCUT2D eigenvalue weighted by Gasteiger charge is -2.22. The minimum absolute atomic E-state index is 0.495. The van der Waals surface area contributed by atoms with Crippen molar-refractivity contribution in [1.82, 2.24) is 0 Å². The first-order valence-electron chi connectivity index (χ1n) is 5.05. The molecule has 0 N–H and O–H groups in total. The second-order valence-corrected chi connectivity index (χ2v) is 7.36. The van der Waals surface area contributed by atoms with Crippen molar-refractivity contribution in [1.29, 1.82) is 0 Å². The molecule has 0 amide bonds. The Bertz CT molecular complexity index is 354. The number of hydrogen-bond acceptors (Lipinski definition) is 2. The smallest absolute Gasteiger partial charge is 0.334 e. The molecule has 1 aromatic rings. The molecule has 1 rings (SSSR count). The van der Waals surface area contributed by atoms with Gasteiger partial charge in [-0.05, 0) is 30.6 Å². The second kappa shape index (κ2) is 5.52. The molecular formula is C11H16F2O2Si. The van der Waals surface area contributed by atoms with Crippen molar-refractivity contribution >= 4 is 8.56 Å². The van der Waals surface area contributed by atoms with Crippen molar-refractivity contribution < 1.29 is 17.6 Å². The quantitative estimate of drug-likeness (QED) is 0.744. The molecule has 0 radical (unpaired) electrons. The van der Waals surface area contributed by atoms with Gasteiger partial charge >= 0.3 is 8.56 Å². The molecule has 0 saturated heterocycles. The molecule has 0 aliphatic rings. The van der Waals surface area contributed by atoms with Gasteiger partial charge in [-0.2, -0.15) is 0 Å². The van der Waals surface area contributed by atoms with E-state index < -0.39 is 20.2 Å². The third-order valence-electron chi connectivity index (χ3n) is 2.73. The molecule has 0 spiro atoms. The van der Waals surface area contributed by atoms with Gasteiger partial charge in [0.2, 0.25) is 0 Å². The van der Waals surface area contributed by atoms with Crippen molar-refractivity contribution in [3.8, 4) is 0 Å². The summed E-state index contributed by atoms with van der Waals surface area (Å²) >= 11 is 0. The third-order valence-corrected chi connectivity index (χ3v) is 5.61. The predicted octanol–water partition coefficient (Wildman–Crippen LogP) is 2.87. The molecule has 0 atom stereocenters. The molecule has 0 aliphatic heterocycles. The van der Waals surface area contributed by atoms with Crippen LogP contribution in [0.2, 0.25) is 12.6 Å². The Morgan fingerprint density at radius 2 is 1.81 bits per heavy atom. The average Bonchev–Trinajstić information content (AvgIpc) is 2.27. The molecule has 0 bridgehead atoms. The van der Waals surface area contributed by atoms with Crippen LogP contribution in [0.1, 0.15) is 5.56 Å². The molecule has 0 fully saturated rings. The first kappa shape index (κ1) is 13.3. The van der Waals surface area contributed by atoms with E-state index in [1.165, 1.54) is 12.1 Å². The molecule has 0 aliphatic carbocycles. The van der Waals surface area contributed by atoms with Crippen LogP contribution in [0.5, 0.6) is 0 Å². The van der Waals surface area contributed by atoms with E-state index >= 15 is 0 Å². The zero-order valence-electron chi connectivity index (χ0n) is 9.72.